The molecule has 168 valence electrons. The fourth-order valence-electron chi connectivity index (χ4n) is 3.23. The molecule has 7 nitrogen and oxygen atoms in total. The number of nitrogens with zero attached hydrogens (tertiary/aromatic N) is 2. The zero-order valence-corrected chi connectivity index (χ0v) is 19.4. The average molecular weight is 482 g/mol. The molecule has 0 radical (unpaired) electrons. The van der Waals surface area contributed by atoms with Crippen LogP contribution in [0.5, 0.6) is 11.5 Å². The third-order valence-corrected chi connectivity index (χ3v) is 6.18. The van der Waals surface area contributed by atoms with Crippen molar-refractivity contribution in [2.24, 2.45) is 0 Å². The summed E-state index contributed by atoms with van der Waals surface area (Å²) in [4.78, 5) is 31.9. The number of amides is 1. The maximum absolute atomic E-state index is 13.0. The highest BCUT2D eigenvalue weighted by Crippen LogP contribution is 2.34. The monoisotopic (exact) mass is 481 g/mol. The van der Waals surface area contributed by atoms with E-state index in [2.05, 4.69) is 10.3 Å². The summed E-state index contributed by atoms with van der Waals surface area (Å²) in [5.74, 6) is 0.546. The van der Waals surface area contributed by atoms with Crippen molar-refractivity contribution in [3.8, 4) is 11.5 Å². The van der Waals surface area contributed by atoms with Crippen molar-refractivity contribution >= 4 is 45.9 Å². The van der Waals surface area contributed by atoms with Gasteiger partial charge >= 0.3 is 0 Å². The van der Waals surface area contributed by atoms with Gasteiger partial charge in [-0.1, -0.05) is 35.5 Å². The van der Waals surface area contributed by atoms with Gasteiger partial charge in [-0.25, -0.2) is 4.98 Å². The molecule has 0 bridgehead atoms. The molecule has 0 saturated heterocycles. The topological polar surface area (TPSA) is 82.5 Å². The minimum Gasteiger partial charge on any atom is -0.493 e. The Hall–Kier alpha value is -3.49. The van der Waals surface area contributed by atoms with Gasteiger partial charge in [-0.3, -0.25) is 14.2 Å². The lowest BCUT2D eigenvalue weighted by Crippen LogP contribution is -2.28. The first-order chi connectivity index (χ1) is 16.0. The number of hydrogen-bond acceptors (Lipinski definition) is 6. The Bertz CT molecular complexity index is 1370. The highest BCUT2D eigenvalue weighted by atomic mass is 35.5. The average Bonchev–Trinajstić information content (AvgIpc) is 2.83. The lowest BCUT2D eigenvalue weighted by atomic mass is 10.2. The Labute approximate surface area is 199 Å². The molecule has 0 fully saturated rings. The summed E-state index contributed by atoms with van der Waals surface area (Å²) in [7, 11) is 3.00. The molecule has 0 aliphatic carbocycles. The number of nitrogens with one attached hydrogen (secondary N) is 1. The van der Waals surface area contributed by atoms with E-state index in [9.17, 15) is 9.59 Å². The number of carbonyl (C=O) groups excluding carboxylic acids is 1. The predicted octanol–water partition coefficient (Wildman–Crippen LogP) is 4.86. The molecule has 1 heterocycles. The number of halogens is 1. The van der Waals surface area contributed by atoms with Crippen molar-refractivity contribution in [2.45, 2.75) is 16.3 Å². The minimum absolute atomic E-state index is 0.184. The summed E-state index contributed by atoms with van der Waals surface area (Å²) in [6, 6.07) is 18.1. The Morgan fingerprint density at radius 3 is 2.48 bits per heavy atom. The second kappa shape index (κ2) is 9.97. The van der Waals surface area contributed by atoms with Crippen molar-refractivity contribution in [1.82, 2.24) is 9.55 Å². The van der Waals surface area contributed by atoms with Crippen LogP contribution in [0.4, 0.5) is 5.69 Å². The molecule has 33 heavy (non-hydrogen) atoms. The first kappa shape index (κ1) is 22.7. The zero-order chi connectivity index (χ0) is 23.4. The van der Waals surface area contributed by atoms with Gasteiger partial charge in [0.1, 0.15) is 6.54 Å². The van der Waals surface area contributed by atoms with Gasteiger partial charge in [-0.2, -0.15) is 0 Å². The van der Waals surface area contributed by atoms with Crippen LogP contribution in [0.15, 0.2) is 81.6 Å². The second-order valence-corrected chi connectivity index (χ2v) is 8.55. The first-order valence-corrected chi connectivity index (χ1v) is 11.1. The summed E-state index contributed by atoms with van der Waals surface area (Å²) in [6.45, 7) is -0.184. The smallest absolute Gasteiger partial charge is 0.261 e. The quantitative estimate of drug-likeness (QED) is 0.406. The van der Waals surface area contributed by atoms with Crippen molar-refractivity contribution in [1.29, 1.82) is 0 Å². The highest BCUT2D eigenvalue weighted by Gasteiger charge is 2.14. The van der Waals surface area contributed by atoms with Crippen molar-refractivity contribution < 1.29 is 14.3 Å². The molecular weight excluding hydrogens is 462 g/mol. The van der Waals surface area contributed by atoms with E-state index in [4.69, 9.17) is 21.1 Å². The molecule has 0 aliphatic heterocycles. The van der Waals surface area contributed by atoms with Gasteiger partial charge in [0, 0.05) is 20.9 Å². The molecule has 0 aliphatic rings. The summed E-state index contributed by atoms with van der Waals surface area (Å²) in [6.07, 6.45) is 1.35. The highest BCUT2D eigenvalue weighted by molar-refractivity contribution is 7.99. The lowest BCUT2D eigenvalue weighted by molar-refractivity contribution is -0.116. The van der Waals surface area contributed by atoms with Gasteiger partial charge in [0.2, 0.25) is 5.91 Å². The molecule has 0 atom stereocenters. The van der Waals surface area contributed by atoms with E-state index < -0.39 is 0 Å². The van der Waals surface area contributed by atoms with E-state index in [0.717, 1.165) is 9.79 Å². The molecule has 1 amide bonds. The van der Waals surface area contributed by atoms with Crippen LogP contribution in [0.1, 0.15) is 0 Å². The van der Waals surface area contributed by atoms with Crippen LogP contribution >= 0.6 is 23.4 Å². The van der Waals surface area contributed by atoms with E-state index >= 15 is 0 Å². The Morgan fingerprint density at radius 2 is 1.76 bits per heavy atom. The molecule has 0 saturated carbocycles. The van der Waals surface area contributed by atoms with Crippen molar-refractivity contribution in [3.63, 3.8) is 0 Å². The lowest BCUT2D eigenvalue weighted by Gasteiger charge is -2.12. The van der Waals surface area contributed by atoms with E-state index in [1.54, 1.807) is 12.1 Å². The summed E-state index contributed by atoms with van der Waals surface area (Å²) < 4.78 is 11.8. The van der Waals surface area contributed by atoms with Gasteiger partial charge in [0.25, 0.3) is 5.56 Å². The van der Waals surface area contributed by atoms with Gasteiger partial charge < -0.3 is 14.8 Å². The fourth-order valence-corrected chi connectivity index (χ4v) is 4.26. The van der Waals surface area contributed by atoms with Gasteiger partial charge in [0.05, 0.1) is 37.1 Å². The molecular formula is C24H20ClN3O4S. The molecule has 9 heteroatoms. The Balaban J connectivity index is 1.55. The number of methoxy groups -OCH3 is 2. The number of aromatic nitrogens is 2. The first-order valence-electron chi connectivity index (χ1n) is 9.92. The molecule has 0 spiro atoms. The van der Waals surface area contributed by atoms with Crippen LogP contribution < -0.4 is 20.3 Å². The SMILES string of the molecule is COc1cc2ncn(CC(=O)Nc3ccccc3Sc3ccc(Cl)cc3)c(=O)c2cc1OC. The molecule has 4 rings (SSSR count). The predicted molar refractivity (Wildman–Crippen MR) is 130 cm³/mol. The number of rotatable bonds is 7. The summed E-state index contributed by atoms with van der Waals surface area (Å²) in [5.41, 5.74) is 0.759. The molecule has 1 aromatic heterocycles. The molecule has 1 N–H and O–H groups in total. The molecule has 4 aromatic rings. The minimum atomic E-state index is -0.347. The number of benzene rings is 3. The number of hydrogen-bond donors (Lipinski definition) is 1. The summed E-state index contributed by atoms with van der Waals surface area (Å²) >= 11 is 7.46. The maximum Gasteiger partial charge on any atom is 0.261 e. The third-order valence-electron chi connectivity index (χ3n) is 4.85. The van der Waals surface area contributed by atoms with Crippen molar-refractivity contribution in [2.75, 3.05) is 19.5 Å². The number of carbonyl (C=O) groups is 1. The van der Waals surface area contributed by atoms with Crippen molar-refractivity contribution in [3.05, 3.63) is 82.4 Å². The van der Waals surface area contributed by atoms with Crippen LogP contribution in [0.25, 0.3) is 10.9 Å². The second-order valence-electron chi connectivity index (χ2n) is 7.00. The number of ether oxygens (including phenoxy) is 2. The summed E-state index contributed by atoms with van der Waals surface area (Å²) in [5, 5.41) is 3.88. The van der Waals surface area contributed by atoms with Crippen LogP contribution in [-0.4, -0.2) is 29.7 Å². The van der Waals surface area contributed by atoms with Crippen LogP contribution in [0.2, 0.25) is 5.02 Å². The number of anilines is 1. The molecule has 3 aromatic carbocycles. The van der Waals surface area contributed by atoms with Crippen LogP contribution in [0.3, 0.4) is 0 Å². The van der Waals surface area contributed by atoms with E-state index in [-0.39, 0.29) is 18.0 Å². The van der Waals surface area contributed by atoms with Gasteiger partial charge in [-0.05, 0) is 42.5 Å². The van der Waals surface area contributed by atoms with Crippen LogP contribution in [-0.2, 0) is 11.3 Å². The Morgan fingerprint density at radius 1 is 1.06 bits per heavy atom. The van der Waals surface area contributed by atoms with E-state index in [1.807, 2.05) is 48.5 Å². The van der Waals surface area contributed by atoms with Gasteiger partial charge in [-0.15, -0.1) is 0 Å². The largest absolute Gasteiger partial charge is 0.493 e. The standard InChI is InChI=1S/C24H20ClN3O4S/c1-31-20-11-17-19(12-21(20)32-2)26-14-28(24(17)30)13-23(29)27-18-5-3-4-6-22(18)33-16-9-7-15(25)8-10-16/h3-12,14H,13H2,1-2H3,(H,27,29). The van der Waals surface area contributed by atoms with Gasteiger partial charge in [0.15, 0.2) is 11.5 Å². The van der Waals surface area contributed by atoms with E-state index in [1.165, 1.54) is 36.9 Å². The van der Waals surface area contributed by atoms with E-state index in [0.29, 0.717) is 33.1 Å². The molecule has 0 unspecified atom stereocenters. The number of fused-ring (bicyclic) bond motifs is 1. The Kier molecular flexibility index (Phi) is 6.86. The normalized spacial score (nSPS) is 10.8. The zero-order valence-electron chi connectivity index (χ0n) is 17.9. The number of para-hydroxylation sites is 1. The van der Waals surface area contributed by atoms with Crippen LogP contribution in [0, 0.1) is 0 Å². The fraction of sp³-hybridized carbons (Fsp3) is 0.125. The third kappa shape index (κ3) is 5.13. The maximum atomic E-state index is 13.0.